The number of hydrogen-bond acceptors (Lipinski definition) is 4. The van der Waals surface area contributed by atoms with Crippen molar-refractivity contribution < 1.29 is 19.1 Å². The zero-order valence-corrected chi connectivity index (χ0v) is 17.7. The van der Waals surface area contributed by atoms with Gasteiger partial charge >= 0.3 is 0 Å². The first-order valence-corrected chi connectivity index (χ1v) is 10.2. The van der Waals surface area contributed by atoms with Crippen molar-refractivity contribution in [2.45, 2.75) is 26.7 Å². The van der Waals surface area contributed by atoms with E-state index >= 15 is 0 Å². The van der Waals surface area contributed by atoms with Crippen LogP contribution in [-0.4, -0.2) is 32.1 Å². The minimum Gasteiger partial charge on any atom is -0.493 e. The lowest BCUT2D eigenvalue weighted by Gasteiger charge is -2.19. The molecule has 0 bridgehead atoms. The zero-order chi connectivity index (χ0) is 21.5. The van der Waals surface area contributed by atoms with Crippen LogP contribution in [0.25, 0.3) is 6.08 Å². The lowest BCUT2D eigenvalue weighted by Crippen LogP contribution is -2.25. The maximum absolute atomic E-state index is 12.5. The minimum absolute atomic E-state index is 0.0825. The number of amides is 2. The number of nitrogens with zero attached hydrogens (tertiary/aromatic N) is 1. The van der Waals surface area contributed by atoms with E-state index in [4.69, 9.17) is 9.47 Å². The first kappa shape index (κ1) is 21.4. The number of carbonyl (C=O) groups excluding carboxylic acids is 2. The molecular weight excluding hydrogens is 380 g/mol. The van der Waals surface area contributed by atoms with E-state index < -0.39 is 0 Å². The topological polar surface area (TPSA) is 67.9 Å². The SMILES string of the molecule is COc1cc(/C=C/C(=O)Nc2ccccc2N2CCCC2=O)ccc1OCC(C)C. The Morgan fingerprint density at radius 1 is 1.20 bits per heavy atom. The smallest absolute Gasteiger partial charge is 0.248 e. The van der Waals surface area contributed by atoms with Crippen molar-refractivity contribution in [3.05, 3.63) is 54.1 Å². The summed E-state index contributed by atoms with van der Waals surface area (Å²) in [6.45, 7) is 5.44. The molecule has 1 aliphatic rings. The van der Waals surface area contributed by atoms with E-state index in [-0.39, 0.29) is 11.8 Å². The third kappa shape index (κ3) is 5.41. The van der Waals surface area contributed by atoms with Crippen LogP contribution < -0.4 is 19.7 Å². The molecule has 0 aliphatic carbocycles. The molecule has 158 valence electrons. The van der Waals surface area contributed by atoms with Gasteiger partial charge in [-0.15, -0.1) is 0 Å². The van der Waals surface area contributed by atoms with Crippen molar-refractivity contribution in [1.82, 2.24) is 0 Å². The summed E-state index contributed by atoms with van der Waals surface area (Å²) in [4.78, 5) is 26.3. The molecule has 1 heterocycles. The molecule has 30 heavy (non-hydrogen) atoms. The molecule has 0 saturated carbocycles. The van der Waals surface area contributed by atoms with Crippen molar-refractivity contribution in [1.29, 1.82) is 0 Å². The molecule has 2 amide bonds. The summed E-state index contributed by atoms with van der Waals surface area (Å²) in [5.74, 6) is 1.53. The first-order chi connectivity index (χ1) is 14.5. The fourth-order valence-corrected chi connectivity index (χ4v) is 3.23. The van der Waals surface area contributed by atoms with Gasteiger partial charge in [-0.1, -0.05) is 32.0 Å². The Bertz CT molecular complexity index is 937. The fourth-order valence-electron chi connectivity index (χ4n) is 3.23. The molecule has 6 nitrogen and oxygen atoms in total. The van der Waals surface area contributed by atoms with Crippen molar-refractivity contribution >= 4 is 29.3 Å². The van der Waals surface area contributed by atoms with E-state index in [1.807, 2.05) is 36.4 Å². The molecule has 6 heteroatoms. The third-order valence-corrected chi connectivity index (χ3v) is 4.71. The zero-order valence-electron chi connectivity index (χ0n) is 17.7. The summed E-state index contributed by atoms with van der Waals surface area (Å²) in [5.41, 5.74) is 2.18. The quantitative estimate of drug-likeness (QED) is 0.653. The molecule has 0 radical (unpaired) electrons. The van der Waals surface area contributed by atoms with Gasteiger partial charge in [0.25, 0.3) is 0 Å². The lowest BCUT2D eigenvalue weighted by atomic mass is 10.1. The van der Waals surface area contributed by atoms with Crippen molar-refractivity contribution in [3.8, 4) is 11.5 Å². The second-order valence-electron chi connectivity index (χ2n) is 7.60. The molecule has 0 atom stereocenters. The minimum atomic E-state index is -0.270. The predicted octanol–water partition coefficient (Wildman–Crippen LogP) is 4.51. The Morgan fingerprint density at radius 3 is 2.70 bits per heavy atom. The Balaban J connectivity index is 1.69. The molecule has 1 N–H and O–H groups in total. The molecule has 2 aromatic rings. The highest BCUT2D eigenvalue weighted by atomic mass is 16.5. The molecule has 0 unspecified atom stereocenters. The maximum Gasteiger partial charge on any atom is 0.248 e. The largest absolute Gasteiger partial charge is 0.493 e. The molecule has 0 spiro atoms. The molecule has 3 rings (SSSR count). The van der Waals surface area contributed by atoms with Crippen LogP contribution in [0, 0.1) is 5.92 Å². The van der Waals surface area contributed by atoms with Crippen LogP contribution in [0.5, 0.6) is 11.5 Å². The summed E-state index contributed by atoms with van der Waals surface area (Å²) in [6.07, 6.45) is 4.56. The summed E-state index contributed by atoms with van der Waals surface area (Å²) >= 11 is 0. The Hall–Kier alpha value is -3.28. The number of nitrogens with one attached hydrogen (secondary N) is 1. The van der Waals surface area contributed by atoms with E-state index in [9.17, 15) is 9.59 Å². The van der Waals surface area contributed by atoms with Crippen molar-refractivity contribution in [2.75, 3.05) is 30.5 Å². The monoisotopic (exact) mass is 408 g/mol. The summed E-state index contributed by atoms with van der Waals surface area (Å²) in [7, 11) is 1.59. The molecule has 1 fully saturated rings. The van der Waals surface area contributed by atoms with Gasteiger partial charge in [-0.25, -0.2) is 0 Å². The second kappa shape index (κ2) is 9.96. The summed E-state index contributed by atoms with van der Waals surface area (Å²) in [5, 5.41) is 2.88. The van der Waals surface area contributed by atoms with Gasteiger partial charge in [0.15, 0.2) is 11.5 Å². The van der Waals surface area contributed by atoms with Gasteiger partial charge in [-0.05, 0) is 48.2 Å². The lowest BCUT2D eigenvalue weighted by molar-refractivity contribution is -0.117. The average Bonchev–Trinajstić information content (AvgIpc) is 3.17. The molecule has 1 aliphatic heterocycles. The third-order valence-electron chi connectivity index (χ3n) is 4.71. The van der Waals surface area contributed by atoms with E-state index in [0.717, 1.165) is 17.7 Å². The van der Waals surface area contributed by atoms with E-state index in [2.05, 4.69) is 19.2 Å². The van der Waals surface area contributed by atoms with Crippen LogP contribution in [0.15, 0.2) is 48.5 Å². The predicted molar refractivity (Wildman–Crippen MR) is 119 cm³/mol. The fraction of sp³-hybridized carbons (Fsp3) is 0.333. The van der Waals surface area contributed by atoms with E-state index in [1.54, 1.807) is 24.2 Å². The number of benzene rings is 2. The Kier molecular flexibility index (Phi) is 7.12. The van der Waals surface area contributed by atoms with Gasteiger partial charge in [0.2, 0.25) is 11.8 Å². The number of para-hydroxylation sites is 2. The average molecular weight is 408 g/mol. The van der Waals surface area contributed by atoms with Gasteiger partial charge in [0, 0.05) is 19.0 Å². The molecule has 0 aromatic heterocycles. The highest BCUT2D eigenvalue weighted by molar-refractivity contribution is 6.06. The first-order valence-electron chi connectivity index (χ1n) is 10.2. The standard InChI is InChI=1S/C24H28N2O4/c1-17(2)16-30-21-12-10-18(15-22(21)29-3)11-13-23(27)25-19-7-4-5-8-20(19)26-14-6-9-24(26)28/h4-5,7-8,10-13,15,17H,6,9,14,16H2,1-3H3,(H,25,27)/b13-11+. The number of anilines is 2. The maximum atomic E-state index is 12.5. The van der Waals surface area contributed by atoms with Crippen LogP contribution in [0.2, 0.25) is 0 Å². The summed E-state index contributed by atoms with van der Waals surface area (Å²) in [6, 6.07) is 12.9. The summed E-state index contributed by atoms with van der Waals surface area (Å²) < 4.78 is 11.2. The Morgan fingerprint density at radius 2 is 2.00 bits per heavy atom. The van der Waals surface area contributed by atoms with Gasteiger partial charge < -0.3 is 19.7 Å². The number of methoxy groups -OCH3 is 1. The number of rotatable bonds is 8. The van der Waals surface area contributed by atoms with Crippen LogP contribution in [0.4, 0.5) is 11.4 Å². The van der Waals surface area contributed by atoms with Crippen molar-refractivity contribution in [3.63, 3.8) is 0 Å². The van der Waals surface area contributed by atoms with Crippen LogP contribution in [0.3, 0.4) is 0 Å². The molecule has 2 aromatic carbocycles. The molecule has 1 saturated heterocycles. The highest BCUT2D eigenvalue weighted by Crippen LogP contribution is 2.30. The van der Waals surface area contributed by atoms with Crippen LogP contribution in [-0.2, 0) is 9.59 Å². The van der Waals surface area contributed by atoms with Gasteiger partial charge in [-0.3, -0.25) is 9.59 Å². The molecular formula is C24H28N2O4. The number of ether oxygens (including phenoxy) is 2. The van der Waals surface area contributed by atoms with Crippen molar-refractivity contribution in [2.24, 2.45) is 5.92 Å². The normalized spacial score (nSPS) is 13.9. The van der Waals surface area contributed by atoms with Gasteiger partial charge in [-0.2, -0.15) is 0 Å². The van der Waals surface area contributed by atoms with E-state index in [0.29, 0.717) is 42.7 Å². The van der Waals surface area contributed by atoms with Gasteiger partial charge in [0.1, 0.15) is 0 Å². The van der Waals surface area contributed by atoms with Gasteiger partial charge in [0.05, 0.1) is 25.1 Å². The van der Waals surface area contributed by atoms with E-state index in [1.165, 1.54) is 6.08 Å². The highest BCUT2D eigenvalue weighted by Gasteiger charge is 2.23. The Labute approximate surface area is 177 Å². The second-order valence-corrected chi connectivity index (χ2v) is 7.60. The van der Waals surface area contributed by atoms with Crippen LogP contribution >= 0.6 is 0 Å². The van der Waals surface area contributed by atoms with Crippen LogP contribution in [0.1, 0.15) is 32.3 Å². The number of hydrogen-bond donors (Lipinski definition) is 1. The number of carbonyl (C=O) groups is 2.